The first-order valence-corrected chi connectivity index (χ1v) is 7.68. The van der Waals surface area contributed by atoms with Gasteiger partial charge in [-0.15, -0.1) is 0 Å². The third kappa shape index (κ3) is 5.24. The van der Waals surface area contributed by atoms with E-state index in [1.807, 2.05) is 6.07 Å². The van der Waals surface area contributed by atoms with Crippen molar-refractivity contribution >= 4 is 29.3 Å². The van der Waals surface area contributed by atoms with Crippen molar-refractivity contribution in [2.45, 2.75) is 26.1 Å². The number of pyridine rings is 1. The van der Waals surface area contributed by atoms with E-state index in [1.165, 1.54) is 13.1 Å². The molecule has 0 unspecified atom stereocenters. The second-order valence-electron chi connectivity index (χ2n) is 5.00. The van der Waals surface area contributed by atoms with Gasteiger partial charge in [0.25, 0.3) is 5.91 Å². The summed E-state index contributed by atoms with van der Waals surface area (Å²) in [5.41, 5.74) is 0. The van der Waals surface area contributed by atoms with Crippen LogP contribution in [0, 0.1) is 0 Å². The number of hydrogen-bond donors (Lipinski definition) is 1. The molecule has 1 aromatic heterocycles. The highest BCUT2D eigenvalue weighted by Crippen LogP contribution is 2.13. The number of para-hydroxylation sites is 1. The molecule has 24 heavy (non-hydrogen) atoms. The van der Waals surface area contributed by atoms with Crippen molar-refractivity contribution < 1.29 is 19.1 Å². The number of anilines is 1. The van der Waals surface area contributed by atoms with E-state index >= 15 is 0 Å². The minimum atomic E-state index is -0.989. The van der Waals surface area contributed by atoms with Gasteiger partial charge in [-0.1, -0.05) is 29.8 Å². The second-order valence-corrected chi connectivity index (χ2v) is 5.44. The van der Waals surface area contributed by atoms with E-state index in [4.69, 9.17) is 21.1 Å². The quantitative estimate of drug-likeness (QED) is 0.812. The van der Waals surface area contributed by atoms with Crippen molar-refractivity contribution in [3.05, 3.63) is 53.7 Å². The lowest BCUT2D eigenvalue weighted by atomic mass is 10.3. The molecule has 1 N–H and O–H groups in total. The van der Waals surface area contributed by atoms with Gasteiger partial charge in [0.15, 0.2) is 12.2 Å². The number of aromatic nitrogens is 1. The van der Waals surface area contributed by atoms with E-state index in [0.717, 1.165) is 0 Å². The van der Waals surface area contributed by atoms with Crippen LogP contribution in [0.2, 0.25) is 5.02 Å². The number of nitrogens with zero attached hydrogens (tertiary/aromatic N) is 1. The highest BCUT2D eigenvalue weighted by Gasteiger charge is 2.23. The summed E-state index contributed by atoms with van der Waals surface area (Å²) in [4.78, 5) is 28.0. The van der Waals surface area contributed by atoms with Crippen molar-refractivity contribution in [2.24, 2.45) is 0 Å². The van der Waals surface area contributed by atoms with Crippen molar-refractivity contribution in [1.82, 2.24) is 4.98 Å². The zero-order chi connectivity index (χ0) is 17.5. The fraction of sp³-hybridized carbons (Fsp3) is 0.235. The Morgan fingerprint density at radius 1 is 1.08 bits per heavy atom. The number of nitrogens with one attached hydrogen (secondary N) is 1. The monoisotopic (exact) mass is 348 g/mol. The molecule has 2 aromatic rings. The summed E-state index contributed by atoms with van der Waals surface area (Å²) in [7, 11) is 0. The summed E-state index contributed by atoms with van der Waals surface area (Å²) in [6.07, 6.45) is -0.419. The van der Waals surface area contributed by atoms with E-state index in [9.17, 15) is 9.59 Å². The van der Waals surface area contributed by atoms with Crippen LogP contribution in [0.1, 0.15) is 13.8 Å². The molecule has 6 nitrogen and oxygen atoms in total. The Kier molecular flexibility index (Phi) is 6.14. The van der Waals surface area contributed by atoms with Crippen molar-refractivity contribution in [3.63, 3.8) is 0 Å². The second kappa shape index (κ2) is 8.31. The third-order valence-corrected chi connectivity index (χ3v) is 3.25. The molecule has 0 bridgehead atoms. The van der Waals surface area contributed by atoms with Crippen molar-refractivity contribution in [2.75, 3.05) is 5.32 Å². The number of carbonyl (C=O) groups is 2. The fourth-order valence-corrected chi connectivity index (χ4v) is 1.86. The number of carbonyl (C=O) groups excluding carboxylic acids is 2. The van der Waals surface area contributed by atoms with Gasteiger partial charge in [-0.05, 0) is 38.1 Å². The molecular formula is C17H17ClN2O4. The Bertz CT molecular complexity index is 691. The Hall–Kier alpha value is -2.60. The lowest BCUT2D eigenvalue weighted by molar-refractivity contribution is -0.159. The van der Waals surface area contributed by atoms with Crippen molar-refractivity contribution in [1.29, 1.82) is 0 Å². The first kappa shape index (κ1) is 17.7. The number of rotatable bonds is 6. The predicted octanol–water partition coefficient (Wildman–Crippen LogP) is 3.07. The number of esters is 1. The lowest BCUT2D eigenvalue weighted by Crippen LogP contribution is -2.35. The molecule has 7 heteroatoms. The van der Waals surface area contributed by atoms with Crippen LogP contribution in [0.3, 0.4) is 0 Å². The van der Waals surface area contributed by atoms with Gasteiger partial charge in [0.2, 0.25) is 0 Å². The predicted molar refractivity (Wildman–Crippen MR) is 90.0 cm³/mol. The molecule has 0 aliphatic heterocycles. The number of ether oxygens (including phenoxy) is 2. The van der Waals surface area contributed by atoms with Gasteiger partial charge < -0.3 is 14.8 Å². The van der Waals surface area contributed by atoms with Crippen LogP contribution in [0.5, 0.6) is 5.75 Å². The van der Waals surface area contributed by atoms with E-state index in [0.29, 0.717) is 16.6 Å². The molecule has 0 saturated carbocycles. The summed E-state index contributed by atoms with van der Waals surface area (Å²) in [5.74, 6) is -0.263. The maximum atomic E-state index is 12.0. The van der Waals surface area contributed by atoms with E-state index in [2.05, 4.69) is 10.3 Å². The first-order chi connectivity index (χ1) is 11.5. The topological polar surface area (TPSA) is 77.5 Å². The van der Waals surface area contributed by atoms with Gasteiger partial charge in [0.1, 0.15) is 11.6 Å². The summed E-state index contributed by atoms with van der Waals surface area (Å²) >= 11 is 5.72. The Morgan fingerprint density at radius 3 is 2.42 bits per heavy atom. The van der Waals surface area contributed by atoms with E-state index in [-0.39, 0.29) is 0 Å². The number of hydrogen-bond acceptors (Lipinski definition) is 5. The smallest absolute Gasteiger partial charge is 0.347 e. The standard InChI is InChI=1S/C17H17ClN2O4/c1-11(16(21)20-15-9-8-13(18)10-19-15)24-17(22)12(2)23-14-6-4-3-5-7-14/h3-12H,1-2H3,(H,19,20,21)/t11-,12-/m0/s1. The van der Waals surface area contributed by atoms with Crippen LogP contribution in [0.25, 0.3) is 0 Å². The minimum Gasteiger partial charge on any atom is -0.479 e. The van der Waals surface area contributed by atoms with Crippen LogP contribution in [0.15, 0.2) is 48.7 Å². The molecule has 0 fully saturated rings. The zero-order valence-corrected chi connectivity index (χ0v) is 14.0. The van der Waals surface area contributed by atoms with Crippen LogP contribution in [0.4, 0.5) is 5.82 Å². The molecule has 0 aliphatic rings. The average Bonchev–Trinajstić information content (AvgIpc) is 2.57. The maximum Gasteiger partial charge on any atom is 0.347 e. The van der Waals surface area contributed by atoms with Crippen LogP contribution in [-0.4, -0.2) is 29.1 Å². The molecule has 2 atom stereocenters. The first-order valence-electron chi connectivity index (χ1n) is 7.30. The molecular weight excluding hydrogens is 332 g/mol. The number of halogens is 1. The van der Waals surface area contributed by atoms with Crippen LogP contribution in [-0.2, 0) is 14.3 Å². The summed E-state index contributed by atoms with van der Waals surface area (Å²) in [6.45, 7) is 3.03. The van der Waals surface area contributed by atoms with E-state index in [1.54, 1.807) is 43.3 Å². The van der Waals surface area contributed by atoms with Gasteiger partial charge in [0, 0.05) is 6.20 Å². The van der Waals surface area contributed by atoms with Crippen molar-refractivity contribution in [3.8, 4) is 5.75 Å². The third-order valence-electron chi connectivity index (χ3n) is 3.03. The molecule has 1 aromatic carbocycles. The molecule has 2 rings (SSSR count). The minimum absolute atomic E-state index is 0.320. The number of amides is 1. The molecule has 1 amide bonds. The Morgan fingerprint density at radius 2 is 1.79 bits per heavy atom. The van der Waals surface area contributed by atoms with Gasteiger partial charge in [0.05, 0.1) is 5.02 Å². The molecule has 0 saturated heterocycles. The van der Waals surface area contributed by atoms with E-state index < -0.39 is 24.1 Å². The fourth-order valence-electron chi connectivity index (χ4n) is 1.75. The van der Waals surface area contributed by atoms with Crippen LogP contribution >= 0.6 is 11.6 Å². The summed E-state index contributed by atoms with van der Waals surface area (Å²) in [5, 5.41) is 2.99. The Labute approximate surface area is 144 Å². The maximum absolute atomic E-state index is 12.0. The van der Waals surface area contributed by atoms with Gasteiger partial charge in [-0.25, -0.2) is 9.78 Å². The molecule has 126 valence electrons. The van der Waals surface area contributed by atoms with Gasteiger partial charge in [-0.2, -0.15) is 0 Å². The van der Waals surface area contributed by atoms with Gasteiger partial charge >= 0.3 is 5.97 Å². The largest absolute Gasteiger partial charge is 0.479 e. The molecule has 0 radical (unpaired) electrons. The molecule has 0 spiro atoms. The summed E-state index contributed by atoms with van der Waals surface area (Å²) in [6, 6.07) is 12.0. The zero-order valence-electron chi connectivity index (χ0n) is 13.2. The normalized spacial score (nSPS) is 12.8. The Balaban J connectivity index is 1.85. The van der Waals surface area contributed by atoms with Crippen LogP contribution < -0.4 is 10.1 Å². The lowest BCUT2D eigenvalue weighted by Gasteiger charge is -2.17. The number of benzene rings is 1. The summed E-state index contributed by atoms with van der Waals surface area (Å²) < 4.78 is 10.6. The van der Waals surface area contributed by atoms with Gasteiger partial charge in [-0.3, -0.25) is 4.79 Å². The SMILES string of the molecule is C[C@H](OC(=O)[C@H](C)Oc1ccccc1)C(=O)Nc1ccc(Cl)cn1. The average molecular weight is 349 g/mol. The molecule has 0 aliphatic carbocycles. The molecule has 1 heterocycles. The highest BCUT2D eigenvalue weighted by molar-refractivity contribution is 6.30. The highest BCUT2D eigenvalue weighted by atomic mass is 35.5.